The van der Waals surface area contributed by atoms with E-state index >= 15 is 0 Å². The van der Waals surface area contributed by atoms with Crippen LogP contribution in [0.15, 0.2) is 36.5 Å². The molecule has 4 nitrogen and oxygen atoms in total. The molecule has 0 radical (unpaired) electrons. The van der Waals surface area contributed by atoms with E-state index in [1.807, 2.05) is 37.4 Å². The first-order valence-electron chi connectivity index (χ1n) is 5.78. The Hall–Kier alpha value is -2.23. The first-order chi connectivity index (χ1) is 8.69. The van der Waals surface area contributed by atoms with Crippen LogP contribution in [0.3, 0.4) is 0 Å². The number of methoxy groups -OCH3 is 1. The monoisotopic (exact) mass is 243 g/mol. The summed E-state index contributed by atoms with van der Waals surface area (Å²) in [6.07, 6.45) is 1.87. The number of hydrogen-bond acceptors (Lipinski definition) is 4. The molecule has 18 heavy (non-hydrogen) atoms. The first-order valence-corrected chi connectivity index (χ1v) is 5.78. The lowest BCUT2D eigenvalue weighted by atomic mass is 10.2. The highest BCUT2D eigenvalue weighted by molar-refractivity contribution is 5.61. The Kier molecular flexibility index (Phi) is 3.67. The molecular weight excluding hydrogens is 226 g/mol. The van der Waals surface area contributed by atoms with Crippen LogP contribution in [0.25, 0.3) is 0 Å². The molecule has 0 unspecified atom stereocenters. The molecule has 0 amide bonds. The van der Waals surface area contributed by atoms with E-state index in [2.05, 4.69) is 16.4 Å². The molecule has 4 heteroatoms. The fourth-order valence-electron chi connectivity index (χ4n) is 1.63. The Labute approximate surface area is 107 Å². The summed E-state index contributed by atoms with van der Waals surface area (Å²) in [6.45, 7) is 2.70. The van der Waals surface area contributed by atoms with E-state index in [1.54, 1.807) is 7.11 Å². The fraction of sp³-hybridized carbons (Fsp3) is 0.214. The fourth-order valence-corrected chi connectivity index (χ4v) is 1.63. The number of aryl methyl sites for hydroxylation is 1. The molecule has 0 spiro atoms. The van der Waals surface area contributed by atoms with Gasteiger partial charge in [-0.25, -0.2) is 0 Å². The number of aromatic nitrogens is 1. The molecule has 0 bridgehead atoms. The number of nitrogens with two attached hydrogens (primary N) is 1. The van der Waals surface area contributed by atoms with Gasteiger partial charge in [-0.2, -0.15) is 0 Å². The van der Waals surface area contributed by atoms with Gasteiger partial charge in [0, 0.05) is 30.2 Å². The van der Waals surface area contributed by atoms with Gasteiger partial charge in [0.15, 0.2) is 0 Å². The van der Waals surface area contributed by atoms with Crippen LogP contribution in [0.1, 0.15) is 11.3 Å². The zero-order valence-electron chi connectivity index (χ0n) is 10.6. The third-order valence-electron chi connectivity index (χ3n) is 2.70. The second kappa shape index (κ2) is 5.40. The lowest BCUT2D eigenvalue weighted by Gasteiger charge is -2.10. The van der Waals surface area contributed by atoms with Crippen LogP contribution in [-0.4, -0.2) is 12.1 Å². The third-order valence-corrected chi connectivity index (χ3v) is 2.70. The molecule has 0 aliphatic carbocycles. The number of benzene rings is 1. The maximum absolute atomic E-state index is 5.76. The molecule has 1 aromatic heterocycles. The maximum atomic E-state index is 5.76. The summed E-state index contributed by atoms with van der Waals surface area (Å²) in [5.74, 6) is 0.682. The summed E-state index contributed by atoms with van der Waals surface area (Å²) in [5.41, 5.74) is 9.53. The van der Waals surface area contributed by atoms with E-state index in [1.165, 1.54) is 0 Å². The van der Waals surface area contributed by atoms with Crippen molar-refractivity contribution in [3.63, 3.8) is 0 Å². The van der Waals surface area contributed by atoms with Crippen LogP contribution in [0.2, 0.25) is 0 Å². The van der Waals surface area contributed by atoms with Gasteiger partial charge in [0.1, 0.15) is 5.75 Å². The van der Waals surface area contributed by atoms with Crippen molar-refractivity contribution in [3.05, 3.63) is 47.8 Å². The van der Waals surface area contributed by atoms with Crippen molar-refractivity contribution >= 4 is 11.4 Å². The number of pyridine rings is 1. The zero-order valence-corrected chi connectivity index (χ0v) is 10.6. The lowest BCUT2D eigenvalue weighted by molar-refractivity contribution is 0.417. The van der Waals surface area contributed by atoms with Crippen LogP contribution in [0.5, 0.6) is 5.75 Å². The van der Waals surface area contributed by atoms with Gasteiger partial charge in [0.05, 0.1) is 12.8 Å². The van der Waals surface area contributed by atoms with Crippen molar-refractivity contribution in [2.24, 2.45) is 0 Å². The molecule has 0 saturated heterocycles. The summed E-state index contributed by atoms with van der Waals surface area (Å²) in [5, 5.41) is 3.31. The first kappa shape index (κ1) is 12.2. The molecule has 2 aromatic rings. The maximum Gasteiger partial charge on any atom is 0.143 e. The van der Waals surface area contributed by atoms with E-state index in [4.69, 9.17) is 10.5 Å². The van der Waals surface area contributed by atoms with Gasteiger partial charge in [-0.1, -0.05) is 6.07 Å². The topological polar surface area (TPSA) is 60.2 Å². The van der Waals surface area contributed by atoms with Crippen molar-refractivity contribution in [1.82, 2.24) is 4.98 Å². The van der Waals surface area contributed by atoms with Crippen molar-refractivity contribution < 1.29 is 4.74 Å². The Morgan fingerprint density at radius 2 is 2.11 bits per heavy atom. The average molecular weight is 243 g/mol. The van der Waals surface area contributed by atoms with Gasteiger partial charge < -0.3 is 15.8 Å². The smallest absolute Gasteiger partial charge is 0.143 e. The van der Waals surface area contributed by atoms with Crippen molar-refractivity contribution in [1.29, 1.82) is 0 Å². The molecule has 0 atom stereocenters. The Bertz CT molecular complexity index is 523. The molecule has 0 aliphatic rings. The Morgan fingerprint density at radius 3 is 2.78 bits per heavy atom. The van der Waals surface area contributed by atoms with E-state index in [0.717, 1.165) is 23.5 Å². The predicted molar refractivity (Wildman–Crippen MR) is 73.7 cm³/mol. The molecular formula is C14H17N3O. The second-order valence-corrected chi connectivity index (χ2v) is 4.12. The van der Waals surface area contributed by atoms with Gasteiger partial charge in [0.2, 0.25) is 0 Å². The number of rotatable bonds is 4. The molecule has 1 aromatic carbocycles. The lowest BCUT2D eigenvalue weighted by Crippen LogP contribution is -2.01. The molecule has 0 aliphatic heterocycles. The van der Waals surface area contributed by atoms with E-state index in [9.17, 15) is 0 Å². The molecule has 0 saturated carbocycles. The SMILES string of the molecule is COc1cc(NCc2ccc(C)nc2)ccc1N. The second-order valence-electron chi connectivity index (χ2n) is 4.12. The minimum Gasteiger partial charge on any atom is -0.495 e. The normalized spacial score (nSPS) is 10.1. The van der Waals surface area contributed by atoms with Crippen molar-refractivity contribution in [2.75, 3.05) is 18.2 Å². The number of ether oxygens (including phenoxy) is 1. The Balaban J connectivity index is 2.04. The molecule has 2 rings (SSSR count). The number of nitrogens with one attached hydrogen (secondary N) is 1. The Morgan fingerprint density at radius 1 is 1.28 bits per heavy atom. The number of anilines is 2. The summed E-state index contributed by atoms with van der Waals surface area (Å²) < 4.78 is 5.18. The predicted octanol–water partition coefficient (Wildman–Crippen LogP) is 2.59. The van der Waals surface area contributed by atoms with Crippen molar-refractivity contribution in [2.45, 2.75) is 13.5 Å². The molecule has 94 valence electrons. The van der Waals surface area contributed by atoms with E-state index in [0.29, 0.717) is 11.4 Å². The van der Waals surface area contributed by atoms with Gasteiger partial charge >= 0.3 is 0 Å². The molecule has 0 fully saturated rings. The van der Waals surface area contributed by atoms with E-state index in [-0.39, 0.29) is 0 Å². The summed E-state index contributed by atoms with van der Waals surface area (Å²) in [4.78, 5) is 4.25. The number of nitrogen functional groups attached to an aromatic ring is 1. The highest BCUT2D eigenvalue weighted by atomic mass is 16.5. The number of hydrogen-bond donors (Lipinski definition) is 2. The van der Waals surface area contributed by atoms with Crippen LogP contribution < -0.4 is 15.8 Å². The van der Waals surface area contributed by atoms with Gasteiger partial charge in [0.25, 0.3) is 0 Å². The number of nitrogens with zero attached hydrogens (tertiary/aromatic N) is 1. The van der Waals surface area contributed by atoms with Crippen LogP contribution in [-0.2, 0) is 6.54 Å². The summed E-state index contributed by atoms with van der Waals surface area (Å²) >= 11 is 0. The highest BCUT2D eigenvalue weighted by Gasteiger charge is 2.01. The zero-order chi connectivity index (χ0) is 13.0. The van der Waals surface area contributed by atoms with Crippen molar-refractivity contribution in [3.8, 4) is 5.75 Å². The quantitative estimate of drug-likeness (QED) is 0.810. The van der Waals surface area contributed by atoms with Crippen LogP contribution in [0.4, 0.5) is 11.4 Å². The average Bonchev–Trinajstić information content (AvgIpc) is 2.39. The molecule has 1 heterocycles. The summed E-state index contributed by atoms with van der Waals surface area (Å²) in [6, 6.07) is 9.70. The highest BCUT2D eigenvalue weighted by Crippen LogP contribution is 2.25. The minimum atomic E-state index is 0.639. The van der Waals surface area contributed by atoms with Gasteiger partial charge in [-0.05, 0) is 30.7 Å². The minimum absolute atomic E-state index is 0.639. The third kappa shape index (κ3) is 2.91. The van der Waals surface area contributed by atoms with Crippen LogP contribution in [0, 0.1) is 6.92 Å². The van der Waals surface area contributed by atoms with Gasteiger partial charge in [-0.15, -0.1) is 0 Å². The largest absolute Gasteiger partial charge is 0.495 e. The van der Waals surface area contributed by atoms with Crippen LogP contribution >= 0.6 is 0 Å². The van der Waals surface area contributed by atoms with Gasteiger partial charge in [-0.3, -0.25) is 4.98 Å². The van der Waals surface area contributed by atoms with E-state index < -0.39 is 0 Å². The molecule has 3 N–H and O–H groups in total. The summed E-state index contributed by atoms with van der Waals surface area (Å²) in [7, 11) is 1.61. The standard InChI is InChI=1S/C14H17N3O/c1-10-3-4-11(8-16-10)9-17-12-5-6-13(15)14(7-12)18-2/h3-8,17H,9,15H2,1-2H3.